The molecule has 2 aromatic carbocycles. The monoisotopic (exact) mass is 472 g/mol. The largest absolute Gasteiger partial charge is 0.338 e. The number of thioether (sulfide) groups is 1. The van der Waals surface area contributed by atoms with E-state index in [0.29, 0.717) is 5.16 Å². The highest BCUT2D eigenvalue weighted by Gasteiger charge is 2.25. The first-order valence-corrected chi connectivity index (χ1v) is 11.4. The third kappa shape index (κ3) is 6.51. The number of benzene rings is 2. The first-order valence-electron chi connectivity index (χ1n) is 10.0. The smallest absolute Gasteiger partial charge is 0.272 e. The van der Waals surface area contributed by atoms with Crippen molar-refractivity contribution in [1.29, 1.82) is 0 Å². The number of rotatable bonds is 9. The standard InChI is InChI=1S/C23H22ClFN4O2S/c1-2-12-32-23-26-14-16(24)20(29-23)22(31)28-19(13-15-8-4-3-5-9-15)21(30)27-18-11-7-6-10-17(18)25/h3-11,14,19H,2,12-13H2,1H3,(H,27,30)(H,28,31). The van der Waals surface area contributed by atoms with Gasteiger partial charge in [0.05, 0.1) is 16.9 Å². The highest BCUT2D eigenvalue weighted by atomic mass is 35.5. The number of carbonyl (C=O) groups excluding carboxylic acids is 2. The van der Waals surface area contributed by atoms with E-state index in [1.807, 2.05) is 37.3 Å². The lowest BCUT2D eigenvalue weighted by atomic mass is 10.0. The topological polar surface area (TPSA) is 84.0 Å². The Hall–Kier alpha value is -2.97. The van der Waals surface area contributed by atoms with Gasteiger partial charge in [0.2, 0.25) is 5.91 Å². The SMILES string of the molecule is CCCSc1ncc(Cl)c(C(=O)NC(Cc2ccccc2)C(=O)Nc2ccccc2F)n1. The second kappa shape index (κ2) is 11.6. The number of aromatic nitrogens is 2. The van der Waals surface area contributed by atoms with Crippen LogP contribution in [0.4, 0.5) is 10.1 Å². The molecule has 3 aromatic rings. The summed E-state index contributed by atoms with van der Waals surface area (Å²) in [6.45, 7) is 2.03. The molecule has 32 heavy (non-hydrogen) atoms. The molecular weight excluding hydrogens is 451 g/mol. The number of nitrogens with zero attached hydrogens (tertiary/aromatic N) is 2. The van der Waals surface area contributed by atoms with Gasteiger partial charge in [-0.3, -0.25) is 9.59 Å². The van der Waals surface area contributed by atoms with E-state index in [-0.39, 0.29) is 22.8 Å². The van der Waals surface area contributed by atoms with Crippen LogP contribution in [0.2, 0.25) is 5.02 Å². The van der Waals surface area contributed by atoms with E-state index in [1.54, 1.807) is 6.07 Å². The van der Waals surface area contributed by atoms with Gasteiger partial charge in [-0.1, -0.05) is 72.8 Å². The Morgan fingerprint density at radius 2 is 1.84 bits per heavy atom. The van der Waals surface area contributed by atoms with E-state index >= 15 is 0 Å². The van der Waals surface area contributed by atoms with Crippen LogP contribution >= 0.6 is 23.4 Å². The number of halogens is 2. The Balaban J connectivity index is 1.82. The summed E-state index contributed by atoms with van der Waals surface area (Å²) in [4.78, 5) is 34.3. The minimum Gasteiger partial charge on any atom is -0.338 e. The van der Waals surface area contributed by atoms with Gasteiger partial charge in [0.1, 0.15) is 11.9 Å². The molecule has 1 unspecified atom stereocenters. The third-order valence-corrected chi connectivity index (χ3v) is 5.75. The molecule has 166 valence electrons. The average molecular weight is 473 g/mol. The summed E-state index contributed by atoms with van der Waals surface area (Å²) in [6, 6.07) is 14.1. The number of anilines is 1. The van der Waals surface area contributed by atoms with E-state index in [4.69, 9.17) is 11.6 Å². The highest BCUT2D eigenvalue weighted by molar-refractivity contribution is 7.99. The molecule has 0 saturated heterocycles. The quantitative estimate of drug-likeness (QED) is 0.347. The van der Waals surface area contributed by atoms with Crippen molar-refractivity contribution in [3.63, 3.8) is 0 Å². The maximum absolute atomic E-state index is 14.0. The summed E-state index contributed by atoms with van der Waals surface area (Å²) in [5.41, 5.74) is 0.842. The summed E-state index contributed by atoms with van der Waals surface area (Å²) in [7, 11) is 0. The lowest BCUT2D eigenvalue weighted by molar-refractivity contribution is -0.118. The van der Waals surface area contributed by atoms with Gasteiger partial charge in [-0.2, -0.15) is 0 Å². The first kappa shape index (κ1) is 23.7. The molecule has 0 aliphatic heterocycles. The molecule has 2 N–H and O–H groups in total. The van der Waals surface area contributed by atoms with E-state index in [0.717, 1.165) is 17.7 Å². The first-order chi connectivity index (χ1) is 15.5. The fourth-order valence-corrected chi connectivity index (χ4v) is 3.69. The maximum atomic E-state index is 14.0. The van der Waals surface area contributed by atoms with Crippen molar-refractivity contribution >= 4 is 40.9 Å². The molecule has 0 aliphatic carbocycles. The molecule has 0 aliphatic rings. The zero-order valence-electron chi connectivity index (χ0n) is 17.3. The number of nitrogens with one attached hydrogen (secondary N) is 2. The van der Waals surface area contributed by atoms with Crippen LogP contribution < -0.4 is 10.6 Å². The van der Waals surface area contributed by atoms with Gasteiger partial charge in [0, 0.05) is 12.2 Å². The molecular formula is C23H22ClFN4O2S. The van der Waals surface area contributed by atoms with Crippen molar-refractivity contribution in [1.82, 2.24) is 15.3 Å². The number of hydrogen-bond acceptors (Lipinski definition) is 5. The second-order valence-electron chi connectivity index (χ2n) is 6.88. The number of carbonyl (C=O) groups is 2. The van der Waals surface area contributed by atoms with Crippen LogP contribution in [0.25, 0.3) is 0 Å². The van der Waals surface area contributed by atoms with Crippen LogP contribution in [0.3, 0.4) is 0 Å². The molecule has 3 rings (SSSR count). The number of hydrogen-bond donors (Lipinski definition) is 2. The molecule has 1 heterocycles. The summed E-state index contributed by atoms with van der Waals surface area (Å²) >= 11 is 7.56. The Morgan fingerprint density at radius 3 is 2.56 bits per heavy atom. The van der Waals surface area contributed by atoms with Gasteiger partial charge < -0.3 is 10.6 Å². The van der Waals surface area contributed by atoms with Gasteiger partial charge in [-0.15, -0.1) is 0 Å². The van der Waals surface area contributed by atoms with Crippen LogP contribution in [0, 0.1) is 5.82 Å². The molecule has 1 aromatic heterocycles. The van der Waals surface area contributed by atoms with Crippen LogP contribution in [-0.2, 0) is 11.2 Å². The fraction of sp³-hybridized carbons (Fsp3) is 0.217. The minimum absolute atomic E-state index is 0.0166. The van der Waals surface area contributed by atoms with Crippen molar-refractivity contribution in [3.8, 4) is 0 Å². The number of para-hydroxylation sites is 1. The van der Waals surface area contributed by atoms with Crippen molar-refractivity contribution in [2.45, 2.75) is 31.0 Å². The maximum Gasteiger partial charge on any atom is 0.272 e. The summed E-state index contributed by atoms with van der Waals surface area (Å²) < 4.78 is 14.0. The van der Waals surface area contributed by atoms with Crippen LogP contribution in [0.1, 0.15) is 29.4 Å². The highest BCUT2D eigenvalue weighted by Crippen LogP contribution is 2.19. The summed E-state index contributed by atoms with van der Waals surface area (Å²) in [6.07, 6.45) is 2.49. The number of amides is 2. The van der Waals surface area contributed by atoms with Crippen molar-refractivity contribution in [3.05, 3.63) is 82.9 Å². The zero-order valence-corrected chi connectivity index (χ0v) is 18.9. The normalized spacial score (nSPS) is 11.6. The summed E-state index contributed by atoms with van der Waals surface area (Å²) in [5, 5.41) is 5.74. The van der Waals surface area contributed by atoms with Crippen molar-refractivity contribution in [2.24, 2.45) is 0 Å². The van der Waals surface area contributed by atoms with Crippen LogP contribution in [0.5, 0.6) is 0 Å². The molecule has 1 atom stereocenters. The second-order valence-corrected chi connectivity index (χ2v) is 8.35. The Kier molecular flexibility index (Phi) is 8.58. The molecule has 0 fully saturated rings. The lowest BCUT2D eigenvalue weighted by Gasteiger charge is -2.19. The van der Waals surface area contributed by atoms with Crippen molar-refractivity contribution in [2.75, 3.05) is 11.1 Å². The van der Waals surface area contributed by atoms with Gasteiger partial charge in [-0.05, 0) is 24.1 Å². The Bertz CT molecular complexity index is 1080. The molecule has 9 heteroatoms. The van der Waals surface area contributed by atoms with E-state index in [9.17, 15) is 14.0 Å². The van der Waals surface area contributed by atoms with Gasteiger partial charge in [0.15, 0.2) is 10.9 Å². The average Bonchev–Trinajstić information content (AvgIpc) is 2.80. The molecule has 0 radical (unpaired) electrons. The van der Waals surface area contributed by atoms with Gasteiger partial charge in [0.25, 0.3) is 5.91 Å². The van der Waals surface area contributed by atoms with Crippen LogP contribution in [0.15, 0.2) is 66.0 Å². The van der Waals surface area contributed by atoms with E-state index in [2.05, 4.69) is 20.6 Å². The lowest BCUT2D eigenvalue weighted by Crippen LogP contribution is -2.45. The minimum atomic E-state index is -0.984. The predicted molar refractivity (Wildman–Crippen MR) is 124 cm³/mol. The molecule has 0 spiro atoms. The molecule has 6 nitrogen and oxygen atoms in total. The molecule has 2 amide bonds. The van der Waals surface area contributed by atoms with Gasteiger partial charge in [-0.25, -0.2) is 14.4 Å². The predicted octanol–water partition coefficient (Wildman–Crippen LogP) is 4.75. The Morgan fingerprint density at radius 1 is 1.12 bits per heavy atom. The fourth-order valence-electron chi connectivity index (χ4n) is 2.84. The molecule has 0 saturated carbocycles. The third-order valence-electron chi connectivity index (χ3n) is 4.41. The zero-order chi connectivity index (χ0) is 22.9. The van der Waals surface area contributed by atoms with E-state index < -0.39 is 23.7 Å². The molecule has 0 bridgehead atoms. The van der Waals surface area contributed by atoms with E-state index in [1.165, 1.54) is 36.2 Å². The Labute approximate surface area is 195 Å². The van der Waals surface area contributed by atoms with Gasteiger partial charge >= 0.3 is 0 Å². The van der Waals surface area contributed by atoms with Crippen molar-refractivity contribution < 1.29 is 14.0 Å². The summed E-state index contributed by atoms with van der Waals surface area (Å²) in [5.74, 6) is -0.940. The van der Waals surface area contributed by atoms with Crippen LogP contribution in [-0.4, -0.2) is 33.6 Å².